The Kier molecular flexibility index (Phi) is 2.75. The van der Waals surface area contributed by atoms with Gasteiger partial charge in [-0.2, -0.15) is 0 Å². The van der Waals surface area contributed by atoms with Crippen molar-refractivity contribution in [2.45, 2.75) is 12.8 Å². The van der Waals surface area contributed by atoms with E-state index in [1.165, 1.54) is 12.8 Å². The molecular formula is C8H14ClN. The highest BCUT2D eigenvalue weighted by molar-refractivity contribution is 6.29. The van der Waals surface area contributed by atoms with Crippen LogP contribution in [0.1, 0.15) is 12.8 Å². The van der Waals surface area contributed by atoms with Gasteiger partial charge < -0.3 is 4.90 Å². The van der Waals surface area contributed by atoms with Gasteiger partial charge in [-0.15, -0.1) is 0 Å². The number of nitrogens with zero attached hydrogens (tertiary/aromatic N) is 1. The summed E-state index contributed by atoms with van der Waals surface area (Å²) < 4.78 is 0. The standard InChI is InChI=1S/C8H14ClN/c1-7(9)8-3-5-10(2)6-4-8/h8H,1,3-6H2,2H3. The smallest absolute Gasteiger partial charge is 0.0141 e. The molecule has 1 rings (SSSR count). The zero-order valence-corrected chi connectivity index (χ0v) is 7.19. The molecule has 10 heavy (non-hydrogen) atoms. The lowest BCUT2D eigenvalue weighted by Gasteiger charge is -2.28. The first-order valence-electron chi connectivity index (χ1n) is 3.73. The molecule has 1 heterocycles. The van der Waals surface area contributed by atoms with Crippen molar-refractivity contribution < 1.29 is 0 Å². The highest BCUT2D eigenvalue weighted by Crippen LogP contribution is 2.24. The number of hydrogen-bond acceptors (Lipinski definition) is 1. The monoisotopic (exact) mass is 159 g/mol. The molecule has 0 N–H and O–H groups in total. The van der Waals surface area contributed by atoms with Gasteiger partial charge in [-0.05, 0) is 38.9 Å². The van der Waals surface area contributed by atoms with Gasteiger partial charge in [-0.1, -0.05) is 18.2 Å². The number of piperidine rings is 1. The lowest BCUT2D eigenvalue weighted by atomic mass is 9.97. The van der Waals surface area contributed by atoms with Gasteiger partial charge in [0.05, 0.1) is 0 Å². The van der Waals surface area contributed by atoms with Crippen molar-refractivity contribution in [3.8, 4) is 0 Å². The molecule has 0 radical (unpaired) electrons. The molecule has 0 saturated carbocycles. The summed E-state index contributed by atoms with van der Waals surface area (Å²) >= 11 is 5.79. The largest absolute Gasteiger partial charge is 0.306 e. The number of allylic oxidation sites excluding steroid dienone is 1. The van der Waals surface area contributed by atoms with Crippen LogP contribution in [0.25, 0.3) is 0 Å². The van der Waals surface area contributed by atoms with E-state index in [0.717, 1.165) is 18.1 Å². The van der Waals surface area contributed by atoms with Gasteiger partial charge in [-0.25, -0.2) is 0 Å². The van der Waals surface area contributed by atoms with Gasteiger partial charge in [0.1, 0.15) is 0 Å². The molecule has 2 heteroatoms. The maximum absolute atomic E-state index is 5.79. The second kappa shape index (κ2) is 3.40. The quantitative estimate of drug-likeness (QED) is 0.567. The molecular weight excluding hydrogens is 146 g/mol. The van der Waals surface area contributed by atoms with Gasteiger partial charge >= 0.3 is 0 Å². The Hall–Kier alpha value is -0.0100. The van der Waals surface area contributed by atoms with Crippen molar-refractivity contribution in [2.24, 2.45) is 5.92 Å². The normalized spacial score (nSPS) is 23.0. The first-order valence-corrected chi connectivity index (χ1v) is 4.11. The third-order valence-electron chi connectivity index (χ3n) is 2.16. The summed E-state index contributed by atoms with van der Waals surface area (Å²) in [5, 5.41) is 0.841. The zero-order chi connectivity index (χ0) is 7.56. The van der Waals surface area contributed by atoms with E-state index in [1.807, 2.05) is 0 Å². The van der Waals surface area contributed by atoms with Crippen LogP contribution >= 0.6 is 11.6 Å². The lowest BCUT2D eigenvalue weighted by Crippen LogP contribution is -2.30. The van der Waals surface area contributed by atoms with Crippen LogP contribution in [0.2, 0.25) is 0 Å². The second-order valence-electron chi connectivity index (χ2n) is 3.02. The molecule has 1 nitrogen and oxygen atoms in total. The zero-order valence-electron chi connectivity index (χ0n) is 6.44. The van der Waals surface area contributed by atoms with Crippen molar-refractivity contribution >= 4 is 11.6 Å². The summed E-state index contributed by atoms with van der Waals surface area (Å²) in [7, 11) is 2.15. The fraction of sp³-hybridized carbons (Fsp3) is 0.750. The molecule has 0 aromatic carbocycles. The number of rotatable bonds is 1. The summed E-state index contributed by atoms with van der Waals surface area (Å²) in [6.07, 6.45) is 2.36. The number of hydrogen-bond donors (Lipinski definition) is 0. The Bertz CT molecular complexity index is 125. The molecule has 1 fully saturated rings. The molecule has 58 valence electrons. The van der Waals surface area contributed by atoms with Crippen LogP contribution in [0.3, 0.4) is 0 Å². The molecule has 0 atom stereocenters. The van der Waals surface area contributed by atoms with Crippen LogP contribution < -0.4 is 0 Å². The first-order chi connectivity index (χ1) is 4.70. The summed E-state index contributed by atoms with van der Waals surface area (Å²) in [6, 6.07) is 0. The van der Waals surface area contributed by atoms with E-state index in [1.54, 1.807) is 0 Å². The summed E-state index contributed by atoms with van der Waals surface area (Å²) in [6.45, 7) is 6.08. The van der Waals surface area contributed by atoms with E-state index < -0.39 is 0 Å². The van der Waals surface area contributed by atoms with Gasteiger partial charge in [0, 0.05) is 5.03 Å². The van der Waals surface area contributed by atoms with Crippen LogP contribution in [0, 0.1) is 5.92 Å². The minimum absolute atomic E-state index is 0.567. The van der Waals surface area contributed by atoms with Crippen molar-refractivity contribution in [1.29, 1.82) is 0 Å². The Balaban J connectivity index is 2.33. The van der Waals surface area contributed by atoms with Gasteiger partial charge in [0.2, 0.25) is 0 Å². The lowest BCUT2D eigenvalue weighted by molar-refractivity contribution is 0.242. The molecule has 0 bridgehead atoms. The molecule has 0 unspecified atom stereocenters. The SMILES string of the molecule is C=C(Cl)C1CCN(C)CC1. The van der Waals surface area contributed by atoms with Crippen LogP contribution in [0.5, 0.6) is 0 Å². The average molecular weight is 160 g/mol. The molecule has 0 aromatic rings. The van der Waals surface area contributed by atoms with Gasteiger partial charge in [0.15, 0.2) is 0 Å². The first kappa shape index (κ1) is 8.09. The highest BCUT2D eigenvalue weighted by atomic mass is 35.5. The maximum atomic E-state index is 5.79. The van der Waals surface area contributed by atoms with Crippen molar-refractivity contribution in [3.05, 3.63) is 11.6 Å². The maximum Gasteiger partial charge on any atom is 0.0141 e. The topological polar surface area (TPSA) is 3.24 Å². The Morgan fingerprint density at radius 3 is 2.40 bits per heavy atom. The summed E-state index contributed by atoms with van der Waals surface area (Å²) in [5.41, 5.74) is 0. The predicted molar refractivity (Wildman–Crippen MR) is 45.2 cm³/mol. The van der Waals surface area contributed by atoms with E-state index in [-0.39, 0.29) is 0 Å². The van der Waals surface area contributed by atoms with Crippen LogP contribution in [-0.4, -0.2) is 25.0 Å². The van der Waals surface area contributed by atoms with E-state index in [4.69, 9.17) is 11.6 Å². The molecule has 1 aliphatic heterocycles. The minimum Gasteiger partial charge on any atom is -0.306 e. The van der Waals surface area contributed by atoms with E-state index in [2.05, 4.69) is 18.5 Å². The highest BCUT2D eigenvalue weighted by Gasteiger charge is 2.17. The number of halogens is 1. The van der Waals surface area contributed by atoms with Crippen molar-refractivity contribution in [1.82, 2.24) is 4.90 Å². The van der Waals surface area contributed by atoms with E-state index in [9.17, 15) is 0 Å². The Labute approximate surface area is 67.7 Å². The van der Waals surface area contributed by atoms with Gasteiger partial charge in [0.25, 0.3) is 0 Å². The molecule has 1 saturated heterocycles. The summed E-state index contributed by atoms with van der Waals surface area (Å²) in [4.78, 5) is 2.33. The number of likely N-dealkylation sites (tertiary alicyclic amines) is 1. The molecule has 1 aliphatic rings. The van der Waals surface area contributed by atoms with Crippen LogP contribution in [-0.2, 0) is 0 Å². The molecule has 0 aromatic heterocycles. The van der Waals surface area contributed by atoms with E-state index in [0.29, 0.717) is 5.92 Å². The third kappa shape index (κ3) is 1.99. The Morgan fingerprint density at radius 2 is 2.00 bits per heavy atom. The minimum atomic E-state index is 0.567. The molecule has 0 amide bonds. The fourth-order valence-electron chi connectivity index (χ4n) is 1.32. The van der Waals surface area contributed by atoms with Crippen LogP contribution in [0.15, 0.2) is 11.6 Å². The van der Waals surface area contributed by atoms with Gasteiger partial charge in [-0.3, -0.25) is 0 Å². The summed E-state index contributed by atoms with van der Waals surface area (Å²) in [5.74, 6) is 0.567. The van der Waals surface area contributed by atoms with Crippen molar-refractivity contribution in [3.63, 3.8) is 0 Å². The second-order valence-corrected chi connectivity index (χ2v) is 3.51. The average Bonchev–Trinajstić information content (AvgIpc) is 1.88. The van der Waals surface area contributed by atoms with E-state index >= 15 is 0 Å². The predicted octanol–water partition coefficient (Wildman–Crippen LogP) is 2.08. The Morgan fingerprint density at radius 1 is 1.50 bits per heavy atom. The third-order valence-corrected chi connectivity index (χ3v) is 2.47. The fourth-order valence-corrected chi connectivity index (χ4v) is 1.54. The van der Waals surface area contributed by atoms with Crippen molar-refractivity contribution in [2.75, 3.05) is 20.1 Å². The molecule has 0 aliphatic carbocycles. The van der Waals surface area contributed by atoms with Crippen LogP contribution in [0.4, 0.5) is 0 Å². The molecule has 0 spiro atoms.